The number of carbonyl (C=O) groups is 1. The fraction of sp³-hybridized carbons (Fsp3) is 0.571. The lowest BCUT2D eigenvalue weighted by atomic mass is 9.94. The van der Waals surface area contributed by atoms with Crippen LogP contribution in [0.25, 0.3) is 0 Å². The molecule has 0 bridgehead atoms. The van der Waals surface area contributed by atoms with Gasteiger partial charge in [-0.3, -0.25) is 9.78 Å². The van der Waals surface area contributed by atoms with Crippen LogP contribution in [0, 0.1) is 0 Å². The molecule has 0 aliphatic heterocycles. The molecule has 0 atom stereocenters. The average molecular weight is 247 g/mol. The van der Waals surface area contributed by atoms with Gasteiger partial charge in [0, 0.05) is 32.0 Å². The van der Waals surface area contributed by atoms with Crippen molar-refractivity contribution in [3.05, 3.63) is 24.0 Å². The highest BCUT2D eigenvalue weighted by Crippen LogP contribution is 2.22. The number of nitrogens with zero attached hydrogens (tertiary/aromatic N) is 2. The Bertz CT molecular complexity index is 413. The molecule has 1 saturated carbocycles. The molecule has 2 rings (SSSR count). The van der Waals surface area contributed by atoms with Crippen molar-refractivity contribution in [1.29, 1.82) is 0 Å². The highest BCUT2D eigenvalue weighted by Gasteiger charge is 2.23. The SMILES string of the molecule is CNc1ccnc(C(=O)N(C)C2CCCCC2)c1. The Kier molecular flexibility index (Phi) is 4.18. The summed E-state index contributed by atoms with van der Waals surface area (Å²) in [4.78, 5) is 18.4. The quantitative estimate of drug-likeness (QED) is 0.892. The van der Waals surface area contributed by atoms with Gasteiger partial charge in [-0.15, -0.1) is 0 Å². The Hall–Kier alpha value is -1.58. The van der Waals surface area contributed by atoms with Crippen molar-refractivity contribution in [3.8, 4) is 0 Å². The molecule has 1 aromatic heterocycles. The molecule has 1 aliphatic rings. The summed E-state index contributed by atoms with van der Waals surface area (Å²) < 4.78 is 0. The van der Waals surface area contributed by atoms with Gasteiger partial charge in [-0.1, -0.05) is 19.3 Å². The van der Waals surface area contributed by atoms with E-state index in [1.54, 1.807) is 6.20 Å². The lowest BCUT2D eigenvalue weighted by Gasteiger charge is -2.31. The molecule has 0 saturated heterocycles. The van der Waals surface area contributed by atoms with Crippen molar-refractivity contribution < 1.29 is 4.79 Å². The second-order valence-electron chi connectivity index (χ2n) is 4.89. The largest absolute Gasteiger partial charge is 0.388 e. The van der Waals surface area contributed by atoms with Crippen molar-refractivity contribution in [3.63, 3.8) is 0 Å². The minimum Gasteiger partial charge on any atom is -0.388 e. The summed E-state index contributed by atoms with van der Waals surface area (Å²) in [6.07, 6.45) is 7.67. The molecule has 1 fully saturated rings. The van der Waals surface area contributed by atoms with Gasteiger partial charge < -0.3 is 10.2 Å². The first-order valence-corrected chi connectivity index (χ1v) is 6.63. The summed E-state index contributed by atoms with van der Waals surface area (Å²) in [5.41, 5.74) is 1.44. The molecule has 0 unspecified atom stereocenters. The second kappa shape index (κ2) is 5.85. The first-order valence-electron chi connectivity index (χ1n) is 6.63. The molecule has 1 N–H and O–H groups in total. The number of hydrogen-bond acceptors (Lipinski definition) is 3. The standard InChI is InChI=1S/C14H21N3O/c1-15-11-8-9-16-13(10-11)14(18)17(2)12-6-4-3-5-7-12/h8-10,12H,3-7H2,1-2H3,(H,15,16). The van der Waals surface area contributed by atoms with Crippen LogP contribution >= 0.6 is 0 Å². The lowest BCUT2D eigenvalue weighted by Crippen LogP contribution is -2.38. The zero-order chi connectivity index (χ0) is 13.0. The smallest absolute Gasteiger partial charge is 0.272 e. The summed E-state index contributed by atoms with van der Waals surface area (Å²) in [6, 6.07) is 4.05. The van der Waals surface area contributed by atoms with E-state index in [1.165, 1.54) is 19.3 Å². The Morgan fingerprint density at radius 2 is 2.11 bits per heavy atom. The zero-order valence-electron chi connectivity index (χ0n) is 11.1. The van der Waals surface area contributed by atoms with Crippen LogP contribution in [-0.4, -0.2) is 35.9 Å². The number of anilines is 1. The normalized spacial score (nSPS) is 16.3. The van der Waals surface area contributed by atoms with Gasteiger partial charge in [0.25, 0.3) is 5.91 Å². The van der Waals surface area contributed by atoms with Crippen molar-refractivity contribution in [2.45, 2.75) is 38.1 Å². The van der Waals surface area contributed by atoms with E-state index in [-0.39, 0.29) is 5.91 Å². The van der Waals surface area contributed by atoms with Crippen LogP contribution in [0.2, 0.25) is 0 Å². The Morgan fingerprint density at radius 3 is 2.78 bits per heavy atom. The number of pyridine rings is 1. The summed E-state index contributed by atoms with van der Waals surface area (Å²) in [5.74, 6) is 0.0269. The molecule has 1 amide bonds. The molecule has 0 radical (unpaired) electrons. The molecular formula is C14H21N3O. The van der Waals surface area contributed by atoms with Crippen molar-refractivity contribution in [1.82, 2.24) is 9.88 Å². The molecule has 4 heteroatoms. The van der Waals surface area contributed by atoms with E-state index in [0.717, 1.165) is 18.5 Å². The monoisotopic (exact) mass is 247 g/mol. The summed E-state index contributed by atoms with van der Waals surface area (Å²) in [6.45, 7) is 0. The molecule has 0 aromatic carbocycles. The van der Waals surface area contributed by atoms with Crippen LogP contribution in [-0.2, 0) is 0 Å². The fourth-order valence-corrected chi connectivity index (χ4v) is 2.52. The topological polar surface area (TPSA) is 45.2 Å². The highest BCUT2D eigenvalue weighted by molar-refractivity contribution is 5.93. The predicted octanol–water partition coefficient (Wildman–Crippen LogP) is 2.53. The van der Waals surface area contributed by atoms with Gasteiger partial charge in [-0.2, -0.15) is 0 Å². The first kappa shape index (κ1) is 12.9. The van der Waals surface area contributed by atoms with E-state index in [9.17, 15) is 4.79 Å². The van der Waals surface area contributed by atoms with E-state index < -0.39 is 0 Å². The Morgan fingerprint density at radius 1 is 1.39 bits per heavy atom. The number of carbonyl (C=O) groups excluding carboxylic acids is 1. The number of nitrogens with one attached hydrogen (secondary N) is 1. The third-order valence-electron chi connectivity index (χ3n) is 3.71. The molecule has 0 spiro atoms. The molecule has 4 nitrogen and oxygen atoms in total. The third-order valence-corrected chi connectivity index (χ3v) is 3.71. The molecular weight excluding hydrogens is 226 g/mol. The summed E-state index contributed by atoms with van der Waals surface area (Å²) >= 11 is 0. The van der Waals surface area contributed by atoms with Crippen LogP contribution in [0.4, 0.5) is 5.69 Å². The minimum absolute atomic E-state index is 0.0269. The van der Waals surface area contributed by atoms with Crippen molar-refractivity contribution in [2.75, 3.05) is 19.4 Å². The maximum atomic E-state index is 12.3. The van der Waals surface area contributed by atoms with Gasteiger partial charge in [0.15, 0.2) is 0 Å². The van der Waals surface area contributed by atoms with E-state index in [4.69, 9.17) is 0 Å². The summed E-state index contributed by atoms with van der Waals surface area (Å²) in [7, 11) is 3.74. The van der Waals surface area contributed by atoms with Crippen molar-refractivity contribution in [2.24, 2.45) is 0 Å². The van der Waals surface area contributed by atoms with Crippen LogP contribution in [0.1, 0.15) is 42.6 Å². The number of amides is 1. The maximum absolute atomic E-state index is 12.3. The molecule has 1 aromatic rings. The highest BCUT2D eigenvalue weighted by atomic mass is 16.2. The lowest BCUT2D eigenvalue weighted by molar-refractivity contribution is 0.0690. The molecule has 1 aliphatic carbocycles. The summed E-state index contributed by atoms with van der Waals surface area (Å²) in [5, 5.41) is 3.03. The fourth-order valence-electron chi connectivity index (χ4n) is 2.52. The molecule has 98 valence electrons. The molecule has 1 heterocycles. The molecule has 18 heavy (non-hydrogen) atoms. The third kappa shape index (κ3) is 2.81. The minimum atomic E-state index is 0.0269. The van der Waals surface area contributed by atoms with E-state index >= 15 is 0 Å². The van der Waals surface area contributed by atoms with Gasteiger partial charge in [-0.05, 0) is 25.0 Å². The van der Waals surface area contributed by atoms with Crippen LogP contribution in [0.3, 0.4) is 0 Å². The van der Waals surface area contributed by atoms with E-state index in [2.05, 4.69) is 10.3 Å². The first-order chi connectivity index (χ1) is 8.72. The van der Waals surface area contributed by atoms with Gasteiger partial charge >= 0.3 is 0 Å². The van der Waals surface area contributed by atoms with Gasteiger partial charge in [0.05, 0.1) is 0 Å². The average Bonchev–Trinajstić information content (AvgIpc) is 2.46. The maximum Gasteiger partial charge on any atom is 0.272 e. The second-order valence-corrected chi connectivity index (χ2v) is 4.89. The van der Waals surface area contributed by atoms with E-state index in [0.29, 0.717) is 11.7 Å². The van der Waals surface area contributed by atoms with Crippen LogP contribution in [0.15, 0.2) is 18.3 Å². The number of hydrogen-bond donors (Lipinski definition) is 1. The van der Waals surface area contributed by atoms with Gasteiger partial charge in [-0.25, -0.2) is 0 Å². The Balaban J connectivity index is 2.09. The number of rotatable bonds is 3. The number of aromatic nitrogens is 1. The predicted molar refractivity (Wildman–Crippen MR) is 72.8 cm³/mol. The van der Waals surface area contributed by atoms with Crippen LogP contribution < -0.4 is 5.32 Å². The van der Waals surface area contributed by atoms with Crippen LogP contribution in [0.5, 0.6) is 0 Å². The zero-order valence-corrected chi connectivity index (χ0v) is 11.1. The Labute approximate surface area is 108 Å². The van der Waals surface area contributed by atoms with Gasteiger partial charge in [0.2, 0.25) is 0 Å². The van der Waals surface area contributed by atoms with E-state index in [1.807, 2.05) is 31.1 Å². The van der Waals surface area contributed by atoms with Gasteiger partial charge in [0.1, 0.15) is 5.69 Å². The van der Waals surface area contributed by atoms with Crippen molar-refractivity contribution >= 4 is 11.6 Å².